The van der Waals surface area contributed by atoms with Gasteiger partial charge in [-0.2, -0.15) is 11.8 Å². The van der Waals surface area contributed by atoms with Crippen molar-refractivity contribution in [3.05, 3.63) is 0 Å². The van der Waals surface area contributed by atoms with Gasteiger partial charge in [-0.05, 0) is 45.6 Å². The Morgan fingerprint density at radius 1 is 1.32 bits per heavy atom. The first-order chi connectivity index (χ1) is 9.20. The number of esters is 1. The van der Waals surface area contributed by atoms with Gasteiger partial charge < -0.3 is 14.8 Å². The SMILES string of the molecule is CNC1(C(=O)OC)CCCC(SC2CCOCC2)C1. The first kappa shape index (κ1) is 15.1. The second-order valence-corrected chi connectivity index (χ2v) is 7.10. The predicted octanol–water partition coefficient (Wildman–Crippen LogP) is 1.97. The van der Waals surface area contributed by atoms with Crippen LogP contribution in [0.1, 0.15) is 38.5 Å². The van der Waals surface area contributed by atoms with Crippen LogP contribution in [0.3, 0.4) is 0 Å². The van der Waals surface area contributed by atoms with Gasteiger partial charge in [-0.1, -0.05) is 0 Å². The van der Waals surface area contributed by atoms with Gasteiger partial charge in [0, 0.05) is 23.7 Å². The van der Waals surface area contributed by atoms with Crippen molar-refractivity contribution in [3.63, 3.8) is 0 Å². The largest absolute Gasteiger partial charge is 0.468 e. The Morgan fingerprint density at radius 2 is 2.05 bits per heavy atom. The molecule has 1 saturated carbocycles. The van der Waals surface area contributed by atoms with Gasteiger partial charge in [-0.15, -0.1) is 0 Å². The lowest BCUT2D eigenvalue weighted by Gasteiger charge is -2.39. The quantitative estimate of drug-likeness (QED) is 0.801. The van der Waals surface area contributed by atoms with Crippen molar-refractivity contribution in [2.24, 2.45) is 0 Å². The lowest BCUT2D eigenvalue weighted by atomic mass is 9.81. The maximum atomic E-state index is 12.0. The highest BCUT2D eigenvalue weighted by Crippen LogP contribution is 2.39. The van der Waals surface area contributed by atoms with E-state index in [0.29, 0.717) is 10.5 Å². The molecule has 0 amide bonds. The fraction of sp³-hybridized carbons (Fsp3) is 0.929. The molecular weight excluding hydrogens is 262 g/mol. The minimum absolute atomic E-state index is 0.104. The summed E-state index contributed by atoms with van der Waals surface area (Å²) in [6.45, 7) is 1.77. The molecule has 1 heterocycles. The van der Waals surface area contributed by atoms with Crippen LogP contribution in [0.25, 0.3) is 0 Å². The molecule has 2 aliphatic rings. The summed E-state index contributed by atoms with van der Waals surface area (Å²) in [4.78, 5) is 12.0. The molecule has 1 saturated heterocycles. The highest BCUT2D eigenvalue weighted by molar-refractivity contribution is 8.00. The molecule has 0 aromatic carbocycles. The van der Waals surface area contributed by atoms with Gasteiger partial charge in [-0.3, -0.25) is 4.79 Å². The van der Waals surface area contributed by atoms with Crippen LogP contribution < -0.4 is 5.32 Å². The number of carbonyl (C=O) groups excluding carboxylic acids is 1. The van der Waals surface area contributed by atoms with Gasteiger partial charge in [0.15, 0.2) is 0 Å². The minimum atomic E-state index is -0.462. The number of rotatable bonds is 4. The van der Waals surface area contributed by atoms with Gasteiger partial charge in [0.1, 0.15) is 5.54 Å². The fourth-order valence-electron chi connectivity index (χ4n) is 3.13. The Morgan fingerprint density at radius 3 is 2.68 bits per heavy atom. The number of methoxy groups -OCH3 is 1. The van der Waals surface area contributed by atoms with E-state index >= 15 is 0 Å². The molecule has 4 nitrogen and oxygen atoms in total. The lowest BCUT2D eigenvalue weighted by Crippen LogP contribution is -2.54. The van der Waals surface area contributed by atoms with Gasteiger partial charge in [0.25, 0.3) is 0 Å². The Bertz CT molecular complexity index is 307. The number of ether oxygens (including phenoxy) is 2. The summed E-state index contributed by atoms with van der Waals surface area (Å²) in [7, 11) is 3.36. The summed E-state index contributed by atoms with van der Waals surface area (Å²) in [5.41, 5.74) is -0.462. The third kappa shape index (κ3) is 3.64. The molecule has 2 rings (SSSR count). The Hall–Kier alpha value is -0.260. The molecule has 2 atom stereocenters. The zero-order chi connectivity index (χ0) is 13.7. The van der Waals surface area contributed by atoms with Crippen molar-refractivity contribution < 1.29 is 14.3 Å². The molecule has 1 N–H and O–H groups in total. The maximum Gasteiger partial charge on any atom is 0.326 e. The minimum Gasteiger partial charge on any atom is -0.468 e. The average Bonchev–Trinajstić information content (AvgIpc) is 2.47. The molecule has 5 heteroatoms. The topological polar surface area (TPSA) is 47.6 Å². The van der Waals surface area contributed by atoms with Crippen LogP contribution in [0.2, 0.25) is 0 Å². The summed E-state index contributed by atoms with van der Waals surface area (Å²) in [6, 6.07) is 0. The molecule has 2 fully saturated rings. The van der Waals surface area contributed by atoms with Crippen LogP contribution in [0.4, 0.5) is 0 Å². The van der Waals surface area contributed by atoms with E-state index < -0.39 is 5.54 Å². The Labute approximate surface area is 120 Å². The summed E-state index contributed by atoms with van der Waals surface area (Å²) in [6.07, 6.45) is 6.37. The van der Waals surface area contributed by atoms with E-state index in [1.807, 2.05) is 7.05 Å². The number of carbonyl (C=O) groups is 1. The molecular formula is C14H25NO3S. The first-order valence-corrected chi connectivity index (χ1v) is 8.15. The van der Waals surface area contributed by atoms with E-state index in [9.17, 15) is 4.79 Å². The summed E-state index contributed by atoms with van der Waals surface area (Å²) >= 11 is 2.06. The Balaban J connectivity index is 1.93. The molecule has 0 bridgehead atoms. The van der Waals surface area contributed by atoms with E-state index in [4.69, 9.17) is 9.47 Å². The van der Waals surface area contributed by atoms with Gasteiger partial charge in [0.05, 0.1) is 7.11 Å². The van der Waals surface area contributed by atoms with Crippen LogP contribution >= 0.6 is 11.8 Å². The number of hydrogen-bond acceptors (Lipinski definition) is 5. The van der Waals surface area contributed by atoms with Crippen molar-refractivity contribution in [2.75, 3.05) is 27.4 Å². The highest BCUT2D eigenvalue weighted by atomic mass is 32.2. The summed E-state index contributed by atoms with van der Waals surface area (Å²) in [5, 5.41) is 4.48. The third-order valence-electron chi connectivity index (χ3n) is 4.31. The lowest BCUT2D eigenvalue weighted by molar-refractivity contribution is -0.149. The zero-order valence-corrected chi connectivity index (χ0v) is 12.8. The van der Waals surface area contributed by atoms with Gasteiger partial charge >= 0.3 is 5.97 Å². The number of thioether (sulfide) groups is 1. The maximum absolute atomic E-state index is 12.0. The average molecular weight is 287 g/mol. The first-order valence-electron chi connectivity index (χ1n) is 7.21. The third-order valence-corrected chi connectivity index (χ3v) is 5.96. The molecule has 19 heavy (non-hydrogen) atoms. The second kappa shape index (κ2) is 6.95. The molecule has 0 spiro atoms. The molecule has 1 aliphatic carbocycles. The van der Waals surface area contributed by atoms with E-state index in [2.05, 4.69) is 17.1 Å². The summed E-state index contributed by atoms with van der Waals surface area (Å²) < 4.78 is 10.4. The van der Waals surface area contributed by atoms with Gasteiger partial charge in [0.2, 0.25) is 0 Å². The van der Waals surface area contributed by atoms with Gasteiger partial charge in [-0.25, -0.2) is 0 Å². The smallest absolute Gasteiger partial charge is 0.326 e. The van der Waals surface area contributed by atoms with Crippen LogP contribution in [-0.4, -0.2) is 49.4 Å². The second-order valence-electron chi connectivity index (χ2n) is 5.49. The van der Waals surface area contributed by atoms with E-state index in [1.54, 1.807) is 0 Å². The van der Waals surface area contributed by atoms with Crippen molar-refractivity contribution in [1.29, 1.82) is 0 Å². The van der Waals surface area contributed by atoms with Crippen molar-refractivity contribution >= 4 is 17.7 Å². The van der Waals surface area contributed by atoms with E-state index in [1.165, 1.54) is 13.5 Å². The molecule has 0 radical (unpaired) electrons. The normalized spacial score (nSPS) is 33.1. The highest BCUT2D eigenvalue weighted by Gasteiger charge is 2.43. The Kier molecular flexibility index (Phi) is 5.54. The fourth-order valence-corrected chi connectivity index (χ4v) is 4.83. The molecule has 2 unspecified atom stereocenters. The number of hydrogen-bond donors (Lipinski definition) is 1. The van der Waals surface area contributed by atoms with Crippen LogP contribution in [0.5, 0.6) is 0 Å². The van der Waals surface area contributed by atoms with E-state index in [-0.39, 0.29) is 5.97 Å². The van der Waals surface area contributed by atoms with E-state index in [0.717, 1.165) is 45.3 Å². The van der Waals surface area contributed by atoms with Crippen molar-refractivity contribution in [3.8, 4) is 0 Å². The zero-order valence-electron chi connectivity index (χ0n) is 11.9. The van der Waals surface area contributed by atoms with Crippen molar-refractivity contribution in [2.45, 2.75) is 54.6 Å². The predicted molar refractivity (Wildman–Crippen MR) is 77.5 cm³/mol. The monoisotopic (exact) mass is 287 g/mol. The van der Waals surface area contributed by atoms with Crippen LogP contribution in [0.15, 0.2) is 0 Å². The molecule has 1 aliphatic heterocycles. The van der Waals surface area contributed by atoms with Crippen LogP contribution in [-0.2, 0) is 14.3 Å². The molecule has 110 valence electrons. The molecule has 0 aromatic heterocycles. The number of nitrogens with one attached hydrogen (secondary N) is 1. The standard InChI is InChI=1S/C14H25NO3S/c1-15-14(13(16)17-2)7-3-4-12(10-14)19-11-5-8-18-9-6-11/h11-12,15H,3-10H2,1-2H3. The number of likely N-dealkylation sites (N-methyl/N-ethyl adjacent to an activating group) is 1. The van der Waals surface area contributed by atoms with Crippen LogP contribution in [0, 0.1) is 0 Å². The molecule has 0 aromatic rings. The van der Waals surface area contributed by atoms with Crippen molar-refractivity contribution in [1.82, 2.24) is 5.32 Å². The summed E-state index contributed by atoms with van der Waals surface area (Å²) in [5.74, 6) is -0.104.